The first kappa shape index (κ1) is 20.8. The molecule has 0 atom stereocenters. The molecule has 0 bridgehead atoms. The zero-order valence-corrected chi connectivity index (χ0v) is 14.9. The summed E-state index contributed by atoms with van der Waals surface area (Å²) in [6.07, 6.45) is 0. The fourth-order valence-electron chi connectivity index (χ4n) is 1.82. The Bertz CT molecular complexity index is 604. The van der Waals surface area contributed by atoms with Crippen LogP contribution in [0.25, 0.3) is 0 Å². The number of aromatic nitrogens is 1. The molecule has 3 N–H and O–H groups in total. The van der Waals surface area contributed by atoms with Gasteiger partial charge >= 0.3 is 0 Å². The summed E-state index contributed by atoms with van der Waals surface area (Å²) in [6, 6.07) is 7.80. The van der Waals surface area contributed by atoms with E-state index in [1.165, 1.54) is 11.3 Å². The maximum atomic E-state index is 12.1. The molecule has 1 heterocycles. The van der Waals surface area contributed by atoms with Crippen molar-refractivity contribution in [3.05, 3.63) is 45.9 Å². The second-order valence-electron chi connectivity index (χ2n) is 4.72. The lowest BCUT2D eigenvalue weighted by molar-refractivity contribution is 0.102. The quantitative estimate of drug-likeness (QED) is 0.857. The average molecular weight is 363 g/mol. The Hall–Kier alpha value is -1.18. The van der Waals surface area contributed by atoms with Crippen LogP contribution in [-0.4, -0.2) is 29.9 Å². The molecule has 2 aromatic rings. The molecule has 0 fully saturated rings. The fraction of sp³-hybridized carbons (Fsp3) is 0.286. The molecular formula is C14H20Cl2N4OS. The highest BCUT2D eigenvalue weighted by Crippen LogP contribution is 2.14. The largest absolute Gasteiger partial charge is 0.325 e. The van der Waals surface area contributed by atoms with Crippen LogP contribution in [0.1, 0.15) is 21.1 Å². The topological polar surface area (TPSA) is 71.2 Å². The van der Waals surface area contributed by atoms with Crippen LogP contribution < -0.4 is 11.1 Å². The van der Waals surface area contributed by atoms with Crippen LogP contribution in [-0.2, 0) is 13.1 Å². The molecule has 0 saturated carbocycles. The minimum absolute atomic E-state index is 0. The van der Waals surface area contributed by atoms with E-state index in [9.17, 15) is 4.79 Å². The van der Waals surface area contributed by atoms with Gasteiger partial charge in [0.1, 0.15) is 10.7 Å². The molecule has 0 saturated heterocycles. The summed E-state index contributed by atoms with van der Waals surface area (Å²) >= 11 is 1.40. The van der Waals surface area contributed by atoms with Gasteiger partial charge in [-0.05, 0) is 31.8 Å². The number of benzene rings is 1. The zero-order chi connectivity index (χ0) is 14.5. The minimum atomic E-state index is -0.206. The third-order valence-corrected chi connectivity index (χ3v) is 3.51. The molecule has 0 radical (unpaired) electrons. The molecule has 5 nitrogen and oxygen atoms in total. The van der Waals surface area contributed by atoms with Gasteiger partial charge in [0.25, 0.3) is 5.91 Å². The van der Waals surface area contributed by atoms with Crippen molar-refractivity contribution in [1.29, 1.82) is 0 Å². The second kappa shape index (κ2) is 9.76. The maximum absolute atomic E-state index is 12.1. The summed E-state index contributed by atoms with van der Waals surface area (Å²) in [7, 11) is 4.02. The standard InChI is InChI=1S/C14H18N4OS.2ClH/c1-18(2)8-10-4-3-5-11(6-10)16-14(19)12-9-20-13(7-15)17-12;;/h3-6,9H,7-8,15H2,1-2H3,(H,16,19);2*1H. The number of carbonyl (C=O) groups excluding carboxylic acids is 1. The highest BCUT2D eigenvalue weighted by atomic mass is 35.5. The van der Waals surface area contributed by atoms with Gasteiger partial charge < -0.3 is 16.0 Å². The third kappa shape index (κ3) is 5.90. The van der Waals surface area contributed by atoms with Crippen molar-refractivity contribution in [3.8, 4) is 0 Å². The molecule has 2 rings (SSSR count). The Kier molecular flexibility index (Phi) is 9.24. The number of thiazole rings is 1. The van der Waals surface area contributed by atoms with Crippen LogP contribution in [0.2, 0.25) is 0 Å². The number of hydrogen-bond acceptors (Lipinski definition) is 5. The molecule has 1 amide bonds. The maximum Gasteiger partial charge on any atom is 0.275 e. The first-order valence-electron chi connectivity index (χ1n) is 6.28. The first-order chi connectivity index (χ1) is 9.58. The summed E-state index contributed by atoms with van der Waals surface area (Å²) in [4.78, 5) is 18.3. The highest BCUT2D eigenvalue weighted by molar-refractivity contribution is 7.09. The van der Waals surface area contributed by atoms with Gasteiger partial charge in [-0.25, -0.2) is 4.98 Å². The van der Waals surface area contributed by atoms with E-state index in [1.807, 2.05) is 38.4 Å². The predicted octanol–water partition coefficient (Wildman–Crippen LogP) is 2.76. The molecule has 0 aliphatic heterocycles. The minimum Gasteiger partial charge on any atom is -0.325 e. The Balaban J connectivity index is 0.00000220. The van der Waals surface area contributed by atoms with E-state index in [0.29, 0.717) is 12.2 Å². The van der Waals surface area contributed by atoms with E-state index < -0.39 is 0 Å². The molecule has 8 heteroatoms. The van der Waals surface area contributed by atoms with Crippen LogP contribution in [0.5, 0.6) is 0 Å². The third-order valence-electron chi connectivity index (χ3n) is 2.64. The van der Waals surface area contributed by atoms with Gasteiger partial charge in [0.15, 0.2) is 0 Å². The SMILES string of the molecule is CN(C)Cc1cccc(NC(=O)c2csc(CN)n2)c1.Cl.Cl. The van der Waals surface area contributed by atoms with E-state index in [4.69, 9.17) is 5.73 Å². The van der Waals surface area contributed by atoms with Gasteiger partial charge in [0, 0.05) is 24.2 Å². The molecule has 0 spiro atoms. The lowest BCUT2D eigenvalue weighted by Crippen LogP contribution is -2.14. The second-order valence-corrected chi connectivity index (χ2v) is 5.67. The number of rotatable bonds is 5. The van der Waals surface area contributed by atoms with Crippen molar-refractivity contribution in [2.75, 3.05) is 19.4 Å². The first-order valence-corrected chi connectivity index (χ1v) is 7.16. The van der Waals surface area contributed by atoms with Crippen molar-refractivity contribution >= 4 is 47.7 Å². The van der Waals surface area contributed by atoms with Gasteiger partial charge in [0.2, 0.25) is 0 Å². The van der Waals surface area contributed by atoms with Crippen LogP contribution in [0.15, 0.2) is 29.6 Å². The lowest BCUT2D eigenvalue weighted by Gasteiger charge is -2.11. The summed E-state index contributed by atoms with van der Waals surface area (Å²) in [5, 5.41) is 5.34. The number of nitrogens with one attached hydrogen (secondary N) is 1. The average Bonchev–Trinajstić information content (AvgIpc) is 2.87. The molecule has 122 valence electrons. The molecule has 0 aliphatic rings. The van der Waals surface area contributed by atoms with E-state index in [2.05, 4.69) is 15.2 Å². The Morgan fingerprint density at radius 3 is 2.68 bits per heavy atom. The number of halogens is 2. The monoisotopic (exact) mass is 362 g/mol. The predicted molar refractivity (Wildman–Crippen MR) is 96.3 cm³/mol. The van der Waals surface area contributed by atoms with Gasteiger partial charge in [-0.3, -0.25) is 4.79 Å². The number of nitrogens with two attached hydrogens (primary N) is 1. The van der Waals surface area contributed by atoms with Gasteiger partial charge in [-0.2, -0.15) is 0 Å². The normalized spacial score (nSPS) is 9.82. The van der Waals surface area contributed by atoms with Crippen LogP contribution in [0.4, 0.5) is 5.69 Å². The van der Waals surface area contributed by atoms with Crippen molar-refractivity contribution in [1.82, 2.24) is 9.88 Å². The number of nitrogens with zero attached hydrogens (tertiary/aromatic N) is 2. The summed E-state index contributed by atoms with van der Waals surface area (Å²) in [5.74, 6) is -0.206. The summed E-state index contributed by atoms with van der Waals surface area (Å²) in [5.41, 5.74) is 7.83. The van der Waals surface area contributed by atoms with Crippen LogP contribution in [0, 0.1) is 0 Å². The van der Waals surface area contributed by atoms with Crippen LogP contribution in [0.3, 0.4) is 0 Å². The van der Waals surface area contributed by atoms with Gasteiger partial charge in [-0.15, -0.1) is 36.2 Å². The highest BCUT2D eigenvalue weighted by Gasteiger charge is 2.10. The number of carbonyl (C=O) groups is 1. The number of amides is 1. The van der Waals surface area contributed by atoms with Gasteiger partial charge in [-0.1, -0.05) is 12.1 Å². The Morgan fingerprint density at radius 1 is 1.36 bits per heavy atom. The molecule has 1 aromatic heterocycles. The molecule has 0 unspecified atom stereocenters. The van der Waals surface area contributed by atoms with E-state index >= 15 is 0 Å². The summed E-state index contributed by atoms with van der Waals surface area (Å²) < 4.78 is 0. The van der Waals surface area contributed by atoms with Crippen molar-refractivity contribution in [3.63, 3.8) is 0 Å². The van der Waals surface area contributed by atoms with E-state index in [-0.39, 0.29) is 30.7 Å². The number of hydrogen-bond donors (Lipinski definition) is 2. The number of anilines is 1. The lowest BCUT2D eigenvalue weighted by atomic mass is 10.2. The molecule has 1 aromatic carbocycles. The van der Waals surface area contributed by atoms with Gasteiger partial charge in [0.05, 0.1) is 0 Å². The summed E-state index contributed by atoms with van der Waals surface area (Å²) in [6.45, 7) is 1.19. The molecule has 22 heavy (non-hydrogen) atoms. The van der Waals surface area contributed by atoms with Crippen molar-refractivity contribution < 1.29 is 4.79 Å². The van der Waals surface area contributed by atoms with Crippen LogP contribution >= 0.6 is 36.2 Å². The Labute approximate surface area is 146 Å². The molecular weight excluding hydrogens is 343 g/mol. The Morgan fingerprint density at radius 2 is 2.09 bits per heavy atom. The zero-order valence-electron chi connectivity index (χ0n) is 12.4. The van der Waals surface area contributed by atoms with E-state index in [0.717, 1.165) is 22.8 Å². The van der Waals surface area contributed by atoms with Crippen molar-refractivity contribution in [2.24, 2.45) is 5.73 Å². The van der Waals surface area contributed by atoms with Crippen molar-refractivity contribution in [2.45, 2.75) is 13.1 Å². The fourth-order valence-corrected chi connectivity index (χ4v) is 2.47. The van der Waals surface area contributed by atoms with E-state index in [1.54, 1.807) is 5.38 Å². The smallest absolute Gasteiger partial charge is 0.275 e. The molecule has 0 aliphatic carbocycles.